The largest absolute Gasteiger partial charge is 0.457 e. The molecule has 0 N–H and O–H groups in total. The van der Waals surface area contributed by atoms with Crippen LogP contribution in [-0.2, 0) is 0 Å². The fourth-order valence-corrected chi connectivity index (χ4v) is 2.76. The van der Waals surface area contributed by atoms with Crippen molar-refractivity contribution in [1.82, 2.24) is 0 Å². The van der Waals surface area contributed by atoms with Crippen LogP contribution in [0.15, 0.2) is 18.2 Å². The molecular weight excluding hydrogens is 265 g/mol. The average Bonchev–Trinajstić information content (AvgIpc) is 2.44. The summed E-state index contributed by atoms with van der Waals surface area (Å²) in [5.41, 5.74) is 1.49. The lowest BCUT2D eigenvalue weighted by Gasteiger charge is -2.22. The van der Waals surface area contributed by atoms with Gasteiger partial charge in [0.25, 0.3) is 0 Å². The van der Waals surface area contributed by atoms with Crippen LogP contribution in [-0.4, -0.2) is 6.86 Å². The zero-order valence-electron chi connectivity index (χ0n) is 11.6. The molecule has 0 spiro atoms. The molecule has 0 saturated carbocycles. The maximum absolute atomic E-state index is 13.7. The molecule has 4 heteroatoms. The molecule has 20 heavy (non-hydrogen) atoms. The molecule has 0 aliphatic heterocycles. The lowest BCUT2D eigenvalue weighted by Crippen LogP contribution is -2.06. The normalized spacial score (nSPS) is 18.8. The maximum Gasteiger partial charge on any atom is 0.228 e. The number of benzene rings is 1. The number of hydrogen-bond donors (Lipinski definition) is 0. The molecule has 1 aromatic carbocycles. The third-order valence-electron chi connectivity index (χ3n) is 3.78. The van der Waals surface area contributed by atoms with E-state index in [1.54, 1.807) is 0 Å². The van der Waals surface area contributed by atoms with E-state index in [0.717, 1.165) is 31.3 Å². The Morgan fingerprint density at radius 1 is 1.25 bits per heavy atom. The molecular formula is C16H19F3O. The number of allylic oxidation sites excluding steroid dienone is 2. The molecule has 1 aromatic rings. The smallest absolute Gasteiger partial charge is 0.228 e. The molecule has 1 aliphatic rings. The van der Waals surface area contributed by atoms with Crippen molar-refractivity contribution < 1.29 is 17.9 Å². The number of alkyl halides is 1. The average molecular weight is 284 g/mol. The molecule has 0 radical (unpaired) electrons. The number of rotatable bonds is 5. The minimum Gasteiger partial charge on any atom is -0.457 e. The first-order valence-electron chi connectivity index (χ1n) is 7.03. The topological polar surface area (TPSA) is 9.23 Å². The van der Waals surface area contributed by atoms with Crippen molar-refractivity contribution in [2.75, 3.05) is 6.86 Å². The SMILES string of the molecule is CCCC1CC=C(c2cc(F)c(OCF)c(F)c2)CC1. The van der Waals surface area contributed by atoms with Gasteiger partial charge in [-0.1, -0.05) is 25.8 Å². The van der Waals surface area contributed by atoms with Crippen molar-refractivity contribution in [3.63, 3.8) is 0 Å². The van der Waals surface area contributed by atoms with Crippen molar-refractivity contribution in [3.8, 4) is 5.75 Å². The van der Waals surface area contributed by atoms with Crippen LogP contribution in [0.25, 0.3) is 5.57 Å². The molecule has 0 fully saturated rings. The molecule has 110 valence electrons. The highest BCUT2D eigenvalue weighted by Gasteiger charge is 2.18. The first kappa shape index (κ1) is 14.9. The van der Waals surface area contributed by atoms with E-state index in [2.05, 4.69) is 17.7 Å². The Kier molecular flexibility index (Phi) is 5.10. The second-order valence-electron chi connectivity index (χ2n) is 5.18. The Labute approximate surface area is 117 Å². The van der Waals surface area contributed by atoms with Crippen LogP contribution in [0.4, 0.5) is 13.2 Å². The Bertz CT molecular complexity index is 473. The van der Waals surface area contributed by atoms with Gasteiger partial charge >= 0.3 is 0 Å². The quantitative estimate of drug-likeness (QED) is 0.717. The molecule has 1 aliphatic carbocycles. The third kappa shape index (κ3) is 3.35. The first-order valence-corrected chi connectivity index (χ1v) is 7.03. The Balaban J connectivity index is 2.18. The molecule has 1 unspecified atom stereocenters. The third-order valence-corrected chi connectivity index (χ3v) is 3.78. The highest BCUT2D eigenvalue weighted by Crippen LogP contribution is 2.34. The van der Waals surface area contributed by atoms with Gasteiger partial charge in [0, 0.05) is 0 Å². The summed E-state index contributed by atoms with van der Waals surface area (Å²) >= 11 is 0. The van der Waals surface area contributed by atoms with Crippen molar-refractivity contribution >= 4 is 5.57 Å². The molecule has 2 rings (SSSR count). The molecule has 0 amide bonds. The molecule has 0 aromatic heterocycles. The number of ether oxygens (including phenoxy) is 1. The lowest BCUT2D eigenvalue weighted by atomic mass is 9.84. The van der Waals surface area contributed by atoms with Crippen LogP contribution >= 0.6 is 0 Å². The van der Waals surface area contributed by atoms with Gasteiger partial charge in [-0.2, -0.15) is 0 Å². The van der Waals surface area contributed by atoms with Crippen LogP contribution in [0.1, 0.15) is 44.6 Å². The Morgan fingerprint density at radius 2 is 1.95 bits per heavy atom. The minimum absolute atomic E-state index is 0.529. The van der Waals surface area contributed by atoms with E-state index in [0.29, 0.717) is 11.5 Å². The summed E-state index contributed by atoms with van der Waals surface area (Å²) in [6.07, 6.45) is 7.24. The standard InChI is InChI=1S/C16H19F3O/c1-2-3-11-4-6-12(7-5-11)13-8-14(18)16(20-10-17)15(19)9-13/h6,8-9,11H,2-5,7,10H2,1H3. The lowest BCUT2D eigenvalue weighted by molar-refractivity contribution is 0.176. The predicted molar refractivity (Wildman–Crippen MR) is 73.2 cm³/mol. The summed E-state index contributed by atoms with van der Waals surface area (Å²) in [5.74, 6) is -1.67. The van der Waals surface area contributed by atoms with E-state index in [1.165, 1.54) is 18.6 Å². The molecule has 1 atom stereocenters. The van der Waals surface area contributed by atoms with Crippen LogP contribution in [0, 0.1) is 17.6 Å². The van der Waals surface area contributed by atoms with Crippen molar-refractivity contribution in [1.29, 1.82) is 0 Å². The van der Waals surface area contributed by atoms with Gasteiger partial charge in [-0.25, -0.2) is 13.2 Å². The van der Waals surface area contributed by atoms with Crippen LogP contribution in [0.3, 0.4) is 0 Å². The summed E-state index contributed by atoms with van der Waals surface area (Å²) in [6, 6.07) is 2.44. The van der Waals surface area contributed by atoms with Crippen LogP contribution < -0.4 is 4.74 Å². The summed E-state index contributed by atoms with van der Waals surface area (Å²) in [7, 11) is 0. The van der Waals surface area contributed by atoms with Gasteiger partial charge in [-0.15, -0.1) is 0 Å². The van der Waals surface area contributed by atoms with E-state index in [-0.39, 0.29) is 0 Å². The van der Waals surface area contributed by atoms with Gasteiger partial charge < -0.3 is 4.74 Å². The second kappa shape index (κ2) is 6.82. The summed E-state index contributed by atoms with van der Waals surface area (Å²) in [4.78, 5) is 0. The summed E-state index contributed by atoms with van der Waals surface area (Å²) in [5, 5.41) is 0. The molecule has 0 heterocycles. The van der Waals surface area contributed by atoms with Gasteiger partial charge in [-0.3, -0.25) is 0 Å². The summed E-state index contributed by atoms with van der Waals surface area (Å²) in [6.45, 7) is 0.919. The van der Waals surface area contributed by atoms with E-state index >= 15 is 0 Å². The summed E-state index contributed by atoms with van der Waals surface area (Å²) < 4.78 is 43.7. The van der Waals surface area contributed by atoms with Gasteiger partial charge in [-0.05, 0) is 48.4 Å². The highest BCUT2D eigenvalue weighted by atomic mass is 19.1. The second-order valence-corrected chi connectivity index (χ2v) is 5.18. The van der Waals surface area contributed by atoms with E-state index in [9.17, 15) is 13.2 Å². The van der Waals surface area contributed by atoms with Gasteiger partial charge in [0.1, 0.15) is 0 Å². The molecule has 0 bridgehead atoms. The fourth-order valence-electron chi connectivity index (χ4n) is 2.76. The zero-order chi connectivity index (χ0) is 14.5. The van der Waals surface area contributed by atoms with E-state index in [1.807, 2.05) is 0 Å². The predicted octanol–water partition coefficient (Wildman–Crippen LogP) is 5.25. The van der Waals surface area contributed by atoms with Gasteiger partial charge in [0.2, 0.25) is 6.86 Å². The van der Waals surface area contributed by atoms with Gasteiger partial charge in [0.15, 0.2) is 17.4 Å². The Morgan fingerprint density at radius 3 is 2.45 bits per heavy atom. The van der Waals surface area contributed by atoms with Crippen LogP contribution in [0.2, 0.25) is 0 Å². The van der Waals surface area contributed by atoms with Crippen molar-refractivity contribution in [2.24, 2.45) is 5.92 Å². The Hall–Kier alpha value is -1.45. The van der Waals surface area contributed by atoms with Crippen molar-refractivity contribution in [2.45, 2.75) is 39.0 Å². The van der Waals surface area contributed by atoms with E-state index in [4.69, 9.17) is 0 Å². The number of hydrogen-bond acceptors (Lipinski definition) is 1. The number of halogens is 3. The van der Waals surface area contributed by atoms with Gasteiger partial charge in [0.05, 0.1) is 0 Å². The molecule has 0 saturated heterocycles. The first-order chi connectivity index (χ1) is 9.65. The minimum atomic E-state index is -1.24. The molecule has 1 nitrogen and oxygen atoms in total. The van der Waals surface area contributed by atoms with E-state index < -0.39 is 24.2 Å². The van der Waals surface area contributed by atoms with Crippen LogP contribution in [0.5, 0.6) is 5.75 Å². The maximum atomic E-state index is 13.7. The monoisotopic (exact) mass is 284 g/mol. The van der Waals surface area contributed by atoms with Crippen molar-refractivity contribution in [3.05, 3.63) is 35.4 Å². The highest BCUT2D eigenvalue weighted by molar-refractivity contribution is 5.67. The zero-order valence-corrected chi connectivity index (χ0v) is 11.6. The fraction of sp³-hybridized carbons (Fsp3) is 0.500.